The lowest BCUT2D eigenvalue weighted by atomic mass is 10.1. The van der Waals surface area contributed by atoms with Gasteiger partial charge in [-0.05, 0) is 36.4 Å². The maximum absolute atomic E-state index is 11.3. The summed E-state index contributed by atoms with van der Waals surface area (Å²) in [5, 5.41) is 37.0. The van der Waals surface area contributed by atoms with Crippen molar-refractivity contribution in [2.75, 3.05) is 57.3 Å². The molecule has 0 aliphatic rings. The fraction of sp³-hybridized carbons (Fsp3) is 0.296. The standard InChI is InChI=1S/C27H30N6O8/c34-24(35)15-31(16-25(36)37)9-11-33(12-10-32(17-26(38)39)18-27(40)41)19-13-22(20-5-1-3-7-28-20)30-23(14-19)21-6-2-4-8-29-21/h1-8,13-14H,9-12,15-18H2,(H,34,35)(H,36,37)(H,38,39)(H,40,41). The van der Waals surface area contributed by atoms with E-state index >= 15 is 0 Å². The Hall–Kier alpha value is -4.95. The third-order valence-corrected chi connectivity index (χ3v) is 5.84. The van der Waals surface area contributed by atoms with Gasteiger partial charge in [-0.1, -0.05) is 12.1 Å². The van der Waals surface area contributed by atoms with Crippen LogP contribution in [0.15, 0.2) is 60.9 Å². The van der Waals surface area contributed by atoms with Crippen molar-refractivity contribution in [2.45, 2.75) is 0 Å². The van der Waals surface area contributed by atoms with Gasteiger partial charge in [0.05, 0.1) is 49.0 Å². The molecule has 3 heterocycles. The molecule has 0 aliphatic heterocycles. The molecule has 0 spiro atoms. The van der Waals surface area contributed by atoms with Crippen LogP contribution in [0.4, 0.5) is 5.69 Å². The number of hydrogen-bond acceptors (Lipinski definition) is 10. The Balaban J connectivity index is 2.02. The zero-order valence-electron chi connectivity index (χ0n) is 22.0. The van der Waals surface area contributed by atoms with Crippen molar-refractivity contribution in [1.82, 2.24) is 24.8 Å². The van der Waals surface area contributed by atoms with Crippen LogP contribution in [0.5, 0.6) is 0 Å². The first kappa shape index (κ1) is 30.6. The molecule has 0 atom stereocenters. The highest BCUT2D eigenvalue weighted by atomic mass is 16.4. The minimum atomic E-state index is -1.19. The molecule has 0 saturated carbocycles. The molecule has 0 aliphatic carbocycles. The summed E-state index contributed by atoms with van der Waals surface area (Å²) in [5.74, 6) is -4.76. The molecular weight excluding hydrogens is 536 g/mol. The van der Waals surface area contributed by atoms with Crippen molar-refractivity contribution >= 4 is 29.6 Å². The maximum Gasteiger partial charge on any atom is 0.317 e. The van der Waals surface area contributed by atoms with Gasteiger partial charge < -0.3 is 25.3 Å². The minimum Gasteiger partial charge on any atom is -0.480 e. The van der Waals surface area contributed by atoms with Crippen LogP contribution in [0, 0.1) is 0 Å². The molecule has 0 amide bonds. The lowest BCUT2D eigenvalue weighted by molar-refractivity contribution is -0.143. The van der Waals surface area contributed by atoms with Gasteiger partial charge >= 0.3 is 23.9 Å². The van der Waals surface area contributed by atoms with Gasteiger partial charge in [0, 0.05) is 44.3 Å². The number of anilines is 1. The van der Waals surface area contributed by atoms with Gasteiger partial charge in [0.25, 0.3) is 0 Å². The number of carbonyl (C=O) groups is 4. The van der Waals surface area contributed by atoms with Gasteiger partial charge in [0.2, 0.25) is 0 Å². The van der Waals surface area contributed by atoms with E-state index in [1.54, 1.807) is 65.8 Å². The highest BCUT2D eigenvalue weighted by Gasteiger charge is 2.20. The zero-order valence-corrected chi connectivity index (χ0v) is 22.0. The Bertz CT molecular complexity index is 1210. The van der Waals surface area contributed by atoms with Gasteiger partial charge in [-0.3, -0.25) is 38.9 Å². The molecule has 3 rings (SSSR count). The monoisotopic (exact) mass is 566 g/mol. The molecule has 14 nitrogen and oxygen atoms in total. The van der Waals surface area contributed by atoms with E-state index < -0.39 is 50.1 Å². The van der Waals surface area contributed by atoms with Gasteiger partial charge in [0.15, 0.2) is 0 Å². The maximum atomic E-state index is 11.3. The Labute approximate surface area is 235 Å². The van der Waals surface area contributed by atoms with Crippen molar-refractivity contribution in [1.29, 1.82) is 0 Å². The molecule has 216 valence electrons. The average molecular weight is 567 g/mol. The summed E-state index contributed by atoms with van der Waals surface area (Å²) in [6.07, 6.45) is 3.24. The third-order valence-electron chi connectivity index (χ3n) is 5.84. The van der Waals surface area contributed by atoms with E-state index in [-0.39, 0.29) is 26.2 Å². The van der Waals surface area contributed by atoms with E-state index in [4.69, 9.17) is 4.98 Å². The number of rotatable bonds is 17. The molecule has 41 heavy (non-hydrogen) atoms. The van der Waals surface area contributed by atoms with Gasteiger partial charge in [-0.25, -0.2) is 4.98 Å². The lowest BCUT2D eigenvalue weighted by Crippen LogP contribution is -2.44. The number of aliphatic carboxylic acids is 4. The SMILES string of the molecule is O=C(O)CN(CCN(CCN(CC(=O)O)CC(=O)O)c1cc(-c2ccccn2)nc(-c2ccccn2)c1)CC(=O)O. The van der Waals surface area contributed by atoms with Crippen LogP contribution in [0.1, 0.15) is 0 Å². The number of carboxylic acid groups (broad SMARTS) is 4. The van der Waals surface area contributed by atoms with E-state index in [9.17, 15) is 39.6 Å². The van der Waals surface area contributed by atoms with E-state index in [1.165, 1.54) is 9.80 Å². The molecule has 0 unspecified atom stereocenters. The number of hydrogen-bond donors (Lipinski definition) is 4. The average Bonchev–Trinajstić information content (AvgIpc) is 2.92. The molecule has 0 bridgehead atoms. The molecule has 0 saturated heterocycles. The van der Waals surface area contributed by atoms with Crippen molar-refractivity contribution < 1.29 is 39.6 Å². The summed E-state index contributed by atoms with van der Waals surface area (Å²) in [4.78, 5) is 63.2. The lowest BCUT2D eigenvalue weighted by Gasteiger charge is -2.30. The molecule has 3 aromatic rings. The van der Waals surface area contributed by atoms with Crippen molar-refractivity contribution in [3.63, 3.8) is 0 Å². The third kappa shape index (κ3) is 10.3. The van der Waals surface area contributed by atoms with Crippen LogP contribution < -0.4 is 4.90 Å². The molecular formula is C27H30N6O8. The van der Waals surface area contributed by atoms with E-state index in [2.05, 4.69) is 9.97 Å². The number of nitrogens with zero attached hydrogens (tertiary/aromatic N) is 6. The van der Waals surface area contributed by atoms with Crippen LogP contribution in [0.3, 0.4) is 0 Å². The topological polar surface area (TPSA) is 198 Å². The fourth-order valence-corrected chi connectivity index (χ4v) is 4.08. The van der Waals surface area contributed by atoms with Gasteiger partial charge in [-0.15, -0.1) is 0 Å². The van der Waals surface area contributed by atoms with Gasteiger partial charge in [0.1, 0.15) is 0 Å². The summed E-state index contributed by atoms with van der Waals surface area (Å²) >= 11 is 0. The predicted molar refractivity (Wildman–Crippen MR) is 146 cm³/mol. The summed E-state index contributed by atoms with van der Waals surface area (Å²) in [6.45, 7) is -1.65. The van der Waals surface area contributed by atoms with Gasteiger partial charge in [-0.2, -0.15) is 0 Å². The normalized spacial score (nSPS) is 11.0. The van der Waals surface area contributed by atoms with Crippen molar-refractivity contribution in [2.24, 2.45) is 0 Å². The van der Waals surface area contributed by atoms with Crippen LogP contribution in [0.2, 0.25) is 0 Å². The Morgan fingerprint density at radius 2 is 0.951 bits per heavy atom. The summed E-state index contributed by atoms with van der Waals surface area (Å²) in [7, 11) is 0. The summed E-state index contributed by atoms with van der Waals surface area (Å²) < 4.78 is 0. The predicted octanol–water partition coefficient (Wildman–Crippen LogP) is 0.954. The van der Waals surface area contributed by atoms with Crippen LogP contribution >= 0.6 is 0 Å². The Kier molecular flexibility index (Phi) is 11.2. The second-order valence-electron chi connectivity index (χ2n) is 9.01. The number of carboxylic acids is 4. The highest BCUT2D eigenvalue weighted by molar-refractivity contribution is 5.73. The van der Waals surface area contributed by atoms with E-state index in [0.717, 1.165) is 0 Å². The summed E-state index contributed by atoms with van der Waals surface area (Å²) in [6, 6.07) is 14.2. The largest absolute Gasteiger partial charge is 0.480 e. The fourth-order valence-electron chi connectivity index (χ4n) is 4.08. The first-order valence-electron chi connectivity index (χ1n) is 12.5. The highest BCUT2D eigenvalue weighted by Crippen LogP contribution is 2.27. The number of pyridine rings is 3. The Morgan fingerprint density at radius 3 is 1.27 bits per heavy atom. The molecule has 0 fully saturated rings. The molecule has 14 heteroatoms. The quantitative estimate of drug-likeness (QED) is 0.180. The van der Waals surface area contributed by atoms with Crippen LogP contribution in [-0.4, -0.2) is 121 Å². The Morgan fingerprint density at radius 1 is 0.561 bits per heavy atom. The van der Waals surface area contributed by atoms with Crippen molar-refractivity contribution in [3.05, 3.63) is 60.9 Å². The number of aromatic nitrogens is 3. The van der Waals surface area contributed by atoms with E-state index in [1.807, 2.05) is 0 Å². The molecule has 4 N–H and O–H groups in total. The molecule has 0 aromatic carbocycles. The zero-order chi connectivity index (χ0) is 29.8. The second kappa shape index (κ2) is 15.0. The molecule has 0 radical (unpaired) electrons. The first-order valence-corrected chi connectivity index (χ1v) is 12.5. The smallest absolute Gasteiger partial charge is 0.317 e. The second-order valence-corrected chi connectivity index (χ2v) is 9.01. The first-order chi connectivity index (χ1) is 19.6. The summed E-state index contributed by atoms with van der Waals surface area (Å²) in [5.41, 5.74) is 2.76. The minimum absolute atomic E-state index is 0.0383. The molecule has 3 aromatic heterocycles. The van der Waals surface area contributed by atoms with Crippen LogP contribution in [-0.2, 0) is 19.2 Å². The van der Waals surface area contributed by atoms with Crippen LogP contribution in [0.25, 0.3) is 22.8 Å². The van der Waals surface area contributed by atoms with E-state index in [0.29, 0.717) is 28.5 Å². The van der Waals surface area contributed by atoms with Crippen molar-refractivity contribution in [3.8, 4) is 22.8 Å².